The van der Waals surface area contributed by atoms with Crippen LogP contribution >= 0.6 is 0 Å². The summed E-state index contributed by atoms with van der Waals surface area (Å²) >= 11 is 0. The van der Waals surface area contributed by atoms with Gasteiger partial charge in [0, 0.05) is 18.3 Å². The molecule has 1 aromatic carbocycles. The molecule has 1 aliphatic rings. The number of aryl methyl sites for hydroxylation is 2. The number of carbonyl (C=O) groups is 1. The zero-order chi connectivity index (χ0) is 15.5. The number of amides is 2. The van der Waals surface area contributed by atoms with Crippen LogP contribution in [0.3, 0.4) is 0 Å². The molecule has 2 aromatic rings. The van der Waals surface area contributed by atoms with E-state index in [1.54, 1.807) is 0 Å². The molecule has 22 heavy (non-hydrogen) atoms. The number of carbonyl (C=O) groups excluding carboxylic acids is 1. The summed E-state index contributed by atoms with van der Waals surface area (Å²) in [5.74, 6) is 0.786. The maximum absolute atomic E-state index is 12.6. The minimum absolute atomic E-state index is 0.0168. The number of nitrogens with one attached hydrogen (secondary N) is 1. The van der Waals surface area contributed by atoms with Crippen LogP contribution in [0.4, 0.5) is 10.5 Å². The molecule has 1 fully saturated rings. The molecular formula is C17H21N3O2. The first-order chi connectivity index (χ1) is 10.7. The lowest BCUT2D eigenvalue weighted by molar-refractivity contribution is 0.195. The second-order valence-corrected chi connectivity index (χ2v) is 5.67. The first kappa shape index (κ1) is 14.6. The highest BCUT2D eigenvalue weighted by Gasteiger charge is 2.32. The summed E-state index contributed by atoms with van der Waals surface area (Å²) in [6, 6.07) is 9.66. The van der Waals surface area contributed by atoms with Crippen LogP contribution < -0.4 is 5.32 Å². The van der Waals surface area contributed by atoms with E-state index in [0.717, 1.165) is 48.5 Å². The summed E-state index contributed by atoms with van der Waals surface area (Å²) in [6.07, 6.45) is 2.74. The van der Waals surface area contributed by atoms with Crippen molar-refractivity contribution in [3.05, 3.63) is 47.3 Å². The van der Waals surface area contributed by atoms with Crippen LogP contribution in [0.25, 0.3) is 0 Å². The normalized spacial score (nSPS) is 17.7. The number of hydrogen-bond donors (Lipinski definition) is 1. The maximum Gasteiger partial charge on any atom is 0.322 e. The van der Waals surface area contributed by atoms with Gasteiger partial charge in [-0.2, -0.15) is 0 Å². The highest BCUT2D eigenvalue weighted by molar-refractivity contribution is 5.90. The van der Waals surface area contributed by atoms with E-state index in [1.165, 1.54) is 0 Å². The van der Waals surface area contributed by atoms with Gasteiger partial charge in [0.2, 0.25) is 0 Å². The summed E-state index contributed by atoms with van der Waals surface area (Å²) in [5, 5.41) is 7.04. The van der Waals surface area contributed by atoms with E-state index in [0.29, 0.717) is 0 Å². The molecule has 2 heterocycles. The molecule has 0 spiro atoms. The molecular weight excluding hydrogens is 278 g/mol. The molecule has 1 aliphatic heterocycles. The molecule has 1 saturated heterocycles. The van der Waals surface area contributed by atoms with Crippen molar-refractivity contribution < 1.29 is 9.32 Å². The third-order valence-corrected chi connectivity index (χ3v) is 4.17. The van der Waals surface area contributed by atoms with Crippen molar-refractivity contribution in [1.29, 1.82) is 0 Å². The van der Waals surface area contributed by atoms with E-state index in [-0.39, 0.29) is 12.1 Å². The topological polar surface area (TPSA) is 58.4 Å². The Hall–Kier alpha value is -2.30. The van der Waals surface area contributed by atoms with Gasteiger partial charge in [0.25, 0.3) is 0 Å². The number of para-hydroxylation sites is 1. The Morgan fingerprint density at radius 2 is 2.27 bits per heavy atom. The fraction of sp³-hybridized carbons (Fsp3) is 0.412. The fourth-order valence-corrected chi connectivity index (χ4v) is 2.86. The van der Waals surface area contributed by atoms with E-state index in [1.807, 2.05) is 49.1 Å². The SMILES string of the molecule is CCc1cc([C@@H]2CCCN2C(=O)Nc2ccccc2C)on1. The largest absolute Gasteiger partial charge is 0.359 e. The third-order valence-electron chi connectivity index (χ3n) is 4.17. The van der Waals surface area contributed by atoms with Gasteiger partial charge in [-0.1, -0.05) is 30.3 Å². The summed E-state index contributed by atoms with van der Waals surface area (Å²) in [4.78, 5) is 14.4. The second-order valence-electron chi connectivity index (χ2n) is 5.67. The van der Waals surface area contributed by atoms with Crippen LogP contribution in [0, 0.1) is 6.92 Å². The maximum atomic E-state index is 12.6. The molecule has 0 unspecified atom stereocenters. The number of urea groups is 1. The van der Waals surface area contributed by atoms with Gasteiger partial charge in [0.1, 0.15) is 0 Å². The standard InChI is InChI=1S/C17H21N3O2/c1-3-13-11-16(22-19-13)15-9-6-10-20(15)17(21)18-14-8-5-4-7-12(14)2/h4-5,7-8,11,15H,3,6,9-10H2,1-2H3,(H,18,21)/t15-/m0/s1. The van der Waals surface area contributed by atoms with Crippen LogP contribution in [0.15, 0.2) is 34.9 Å². The molecule has 2 amide bonds. The summed E-state index contributed by atoms with van der Waals surface area (Å²) < 4.78 is 5.42. The van der Waals surface area contributed by atoms with Crippen molar-refractivity contribution in [2.45, 2.75) is 39.2 Å². The smallest absolute Gasteiger partial charge is 0.322 e. The number of hydrogen-bond acceptors (Lipinski definition) is 3. The Morgan fingerprint density at radius 3 is 3.00 bits per heavy atom. The zero-order valence-electron chi connectivity index (χ0n) is 13.0. The van der Waals surface area contributed by atoms with Crippen LogP contribution in [0.2, 0.25) is 0 Å². The van der Waals surface area contributed by atoms with Crippen molar-refractivity contribution in [3.8, 4) is 0 Å². The second kappa shape index (κ2) is 6.22. The molecule has 1 atom stereocenters. The van der Waals surface area contributed by atoms with Gasteiger partial charge < -0.3 is 14.7 Å². The number of likely N-dealkylation sites (tertiary alicyclic amines) is 1. The first-order valence-electron chi connectivity index (χ1n) is 7.77. The predicted octanol–water partition coefficient (Wildman–Crippen LogP) is 3.91. The fourth-order valence-electron chi connectivity index (χ4n) is 2.86. The van der Waals surface area contributed by atoms with Crippen LogP contribution in [0.5, 0.6) is 0 Å². The van der Waals surface area contributed by atoms with E-state index in [9.17, 15) is 4.79 Å². The van der Waals surface area contributed by atoms with Crippen LogP contribution in [-0.4, -0.2) is 22.6 Å². The minimum atomic E-state index is -0.0775. The lowest BCUT2D eigenvalue weighted by Crippen LogP contribution is -2.34. The molecule has 0 radical (unpaired) electrons. The molecule has 3 rings (SSSR count). The number of aromatic nitrogens is 1. The lowest BCUT2D eigenvalue weighted by Gasteiger charge is -2.23. The van der Waals surface area contributed by atoms with Crippen molar-refractivity contribution in [2.24, 2.45) is 0 Å². The van der Waals surface area contributed by atoms with Gasteiger partial charge in [-0.25, -0.2) is 4.79 Å². The zero-order valence-corrected chi connectivity index (χ0v) is 13.0. The van der Waals surface area contributed by atoms with Gasteiger partial charge in [0.05, 0.1) is 11.7 Å². The van der Waals surface area contributed by atoms with Gasteiger partial charge in [0.15, 0.2) is 5.76 Å². The summed E-state index contributed by atoms with van der Waals surface area (Å²) in [5.41, 5.74) is 2.84. The van der Waals surface area contributed by atoms with Crippen molar-refractivity contribution >= 4 is 11.7 Å². The van der Waals surface area contributed by atoms with Gasteiger partial charge in [-0.05, 0) is 37.8 Å². The Bertz CT molecular complexity index is 665. The van der Waals surface area contributed by atoms with E-state index in [4.69, 9.17) is 4.52 Å². The molecule has 0 bridgehead atoms. The van der Waals surface area contributed by atoms with Crippen molar-refractivity contribution in [1.82, 2.24) is 10.1 Å². The van der Waals surface area contributed by atoms with E-state index < -0.39 is 0 Å². The Morgan fingerprint density at radius 1 is 1.45 bits per heavy atom. The predicted molar refractivity (Wildman–Crippen MR) is 84.8 cm³/mol. The quantitative estimate of drug-likeness (QED) is 0.934. The number of rotatable bonds is 3. The average molecular weight is 299 g/mol. The van der Waals surface area contributed by atoms with Crippen LogP contribution in [-0.2, 0) is 6.42 Å². The van der Waals surface area contributed by atoms with Crippen molar-refractivity contribution in [3.63, 3.8) is 0 Å². The summed E-state index contributed by atoms with van der Waals surface area (Å²) in [7, 11) is 0. The highest BCUT2D eigenvalue weighted by atomic mass is 16.5. The molecule has 116 valence electrons. The monoisotopic (exact) mass is 299 g/mol. The molecule has 5 nitrogen and oxygen atoms in total. The lowest BCUT2D eigenvalue weighted by atomic mass is 10.1. The van der Waals surface area contributed by atoms with Crippen molar-refractivity contribution in [2.75, 3.05) is 11.9 Å². The Kier molecular flexibility index (Phi) is 4.13. The number of nitrogens with zero attached hydrogens (tertiary/aromatic N) is 2. The first-order valence-corrected chi connectivity index (χ1v) is 7.77. The number of anilines is 1. The van der Waals surface area contributed by atoms with Gasteiger partial charge in [-0.15, -0.1) is 0 Å². The highest BCUT2D eigenvalue weighted by Crippen LogP contribution is 2.33. The Labute approximate surface area is 130 Å². The molecule has 0 aliphatic carbocycles. The summed E-state index contributed by atoms with van der Waals surface area (Å²) in [6.45, 7) is 4.77. The van der Waals surface area contributed by atoms with E-state index >= 15 is 0 Å². The van der Waals surface area contributed by atoms with Crippen LogP contribution in [0.1, 0.15) is 42.8 Å². The molecule has 5 heteroatoms. The number of benzene rings is 1. The molecule has 1 aromatic heterocycles. The van der Waals surface area contributed by atoms with Gasteiger partial charge in [-0.3, -0.25) is 0 Å². The minimum Gasteiger partial charge on any atom is -0.359 e. The van der Waals surface area contributed by atoms with E-state index in [2.05, 4.69) is 10.5 Å². The third kappa shape index (κ3) is 2.84. The van der Waals surface area contributed by atoms with Gasteiger partial charge >= 0.3 is 6.03 Å². The molecule has 1 N–H and O–H groups in total. The molecule has 0 saturated carbocycles. The average Bonchev–Trinajstić information content (AvgIpc) is 3.17. The Balaban J connectivity index is 1.75.